The third-order valence-corrected chi connectivity index (χ3v) is 1.52. The van der Waals surface area contributed by atoms with E-state index in [1.807, 2.05) is 13.8 Å². The smallest absolute Gasteiger partial charge is 0.153 e. The molecule has 0 aromatic rings. The Morgan fingerprint density at radius 3 is 2.55 bits per heavy atom. The molecule has 0 fully saturated rings. The molecule has 2 radical (unpaired) electrons. The van der Waals surface area contributed by atoms with Crippen molar-refractivity contribution in [2.75, 3.05) is 0 Å². The number of hydrogen-bond donors (Lipinski definition) is 0. The molecule has 0 aliphatic heterocycles. The van der Waals surface area contributed by atoms with E-state index in [4.69, 9.17) is 7.85 Å². The quantitative estimate of drug-likeness (QED) is 0.338. The number of allylic oxidation sites excluding steroid dienone is 3. The van der Waals surface area contributed by atoms with E-state index in [9.17, 15) is 4.79 Å². The molecule has 0 unspecified atom stereocenters. The zero-order valence-electron chi connectivity index (χ0n) is 7.18. The minimum Gasteiger partial charge on any atom is -0.295 e. The molecule has 58 valence electrons. The minimum atomic E-state index is -0.0854. The summed E-state index contributed by atoms with van der Waals surface area (Å²) < 4.78 is 0. The number of ketones is 1. The van der Waals surface area contributed by atoms with Gasteiger partial charge in [-0.25, -0.2) is 0 Å². The maximum absolute atomic E-state index is 10.9. The molecule has 0 atom stereocenters. The summed E-state index contributed by atoms with van der Waals surface area (Å²) in [4.78, 5) is 10.9. The first kappa shape index (κ1) is 10.2. The zero-order chi connectivity index (χ0) is 8.85. The Balaban J connectivity index is 4.17. The van der Waals surface area contributed by atoms with Gasteiger partial charge in [0.1, 0.15) is 0 Å². The van der Waals surface area contributed by atoms with Crippen molar-refractivity contribution in [3.63, 3.8) is 0 Å². The average molecular weight is 148 g/mol. The lowest BCUT2D eigenvalue weighted by atomic mass is 9.95. The van der Waals surface area contributed by atoms with Crippen LogP contribution in [-0.2, 0) is 4.79 Å². The average Bonchev–Trinajstić information content (AvgIpc) is 2.02. The summed E-state index contributed by atoms with van der Waals surface area (Å²) in [5.41, 5.74) is 1.66. The summed E-state index contributed by atoms with van der Waals surface area (Å²) in [6.45, 7) is 7.61. The molecule has 0 spiro atoms. The summed E-state index contributed by atoms with van der Waals surface area (Å²) in [5, 5.41) is 0. The van der Waals surface area contributed by atoms with Crippen molar-refractivity contribution in [2.24, 2.45) is 0 Å². The molecule has 0 aromatic heterocycles. The van der Waals surface area contributed by atoms with Gasteiger partial charge >= 0.3 is 0 Å². The monoisotopic (exact) mass is 148 g/mol. The SMILES string of the molecule is [B]CC(=O)C(=C)C=C(C)CC. The van der Waals surface area contributed by atoms with E-state index in [0.717, 1.165) is 12.0 Å². The Bertz CT molecular complexity index is 192. The second-order valence-corrected chi connectivity index (χ2v) is 2.50. The Morgan fingerprint density at radius 2 is 2.18 bits per heavy atom. The molecule has 0 aliphatic carbocycles. The summed E-state index contributed by atoms with van der Waals surface area (Å²) in [5.74, 6) is -0.0854. The molecule has 0 rings (SSSR count). The standard InChI is InChI=1S/C9H13BO/c1-4-7(2)5-8(3)9(11)6-10/h5H,3-4,6H2,1-2H3. The highest BCUT2D eigenvalue weighted by Gasteiger charge is 1.99. The summed E-state index contributed by atoms with van der Waals surface area (Å²) in [6, 6.07) is 0. The first-order chi connectivity index (χ1) is 5.11. The Morgan fingerprint density at radius 1 is 1.64 bits per heavy atom. The van der Waals surface area contributed by atoms with Gasteiger partial charge in [0.25, 0.3) is 0 Å². The van der Waals surface area contributed by atoms with Gasteiger partial charge in [0.15, 0.2) is 5.78 Å². The Labute approximate surface area is 69.6 Å². The third kappa shape index (κ3) is 3.81. The van der Waals surface area contributed by atoms with Crippen LogP contribution in [-0.4, -0.2) is 13.6 Å². The molecule has 0 bridgehead atoms. The van der Waals surface area contributed by atoms with Crippen molar-refractivity contribution < 1.29 is 4.79 Å². The predicted molar refractivity (Wildman–Crippen MR) is 48.8 cm³/mol. The topological polar surface area (TPSA) is 17.1 Å². The van der Waals surface area contributed by atoms with Crippen LogP contribution in [0.1, 0.15) is 20.3 Å². The van der Waals surface area contributed by atoms with Gasteiger partial charge in [-0.2, -0.15) is 0 Å². The van der Waals surface area contributed by atoms with E-state index >= 15 is 0 Å². The van der Waals surface area contributed by atoms with Crippen LogP contribution in [0.3, 0.4) is 0 Å². The van der Waals surface area contributed by atoms with Gasteiger partial charge in [-0.1, -0.05) is 25.2 Å². The van der Waals surface area contributed by atoms with E-state index in [2.05, 4.69) is 6.58 Å². The molecular formula is C9H13BO. The van der Waals surface area contributed by atoms with Gasteiger partial charge in [0.05, 0.1) is 7.85 Å². The third-order valence-electron chi connectivity index (χ3n) is 1.52. The highest BCUT2D eigenvalue weighted by Crippen LogP contribution is 2.05. The largest absolute Gasteiger partial charge is 0.295 e. The first-order valence-electron chi connectivity index (χ1n) is 3.71. The van der Waals surface area contributed by atoms with Crippen LogP contribution in [0.15, 0.2) is 23.8 Å². The maximum Gasteiger partial charge on any atom is 0.153 e. The van der Waals surface area contributed by atoms with Crippen molar-refractivity contribution in [3.05, 3.63) is 23.8 Å². The first-order valence-corrected chi connectivity index (χ1v) is 3.71. The fourth-order valence-corrected chi connectivity index (χ4v) is 0.611. The van der Waals surface area contributed by atoms with E-state index in [1.165, 1.54) is 0 Å². The molecule has 0 amide bonds. The van der Waals surface area contributed by atoms with Crippen LogP contribution in [0.5, 0.6) is 0 Å². The lowest BCUT2D eigenvalue weighted by Crippen LogP contribution is -1.97. The summed E-state index contributed by atoms with van der Waals surface area (Å²) in [7, 11) is 5.15. The van der Waals surface area contributed by atoms with Crippen LogP contribution >= 0.6 is 0 Å². The molecular weight excluding hydrogens is 135 g/mol. The normalized spacial score (nSPS) is 11.3. The Kier molecular flexibility index (Phi) is 4.59. The van der Waals surface area contributed by atoms with Crippen molar-refractivity contribution in [1.29, 1.82) is 0 Å². The van der Waals surface area contributed by atoms with Gasteiger partial charge in [0, 0.05) is 5.57 Å². The Hall–Kier alpha value is -0.785. The van der Waals surface area contributed by atoms with E-state index in [1.54, 1.807) is 6.08 Å². The van der Waals surface area contributed by atoms with Crippen LogP contribution < -0.4 is 0 Å². The van der Waals surface area contributed by atoms with Crippen LogP contribution in [0.4, 0.5) is 0 Å². The number of carbonyl (C=O) groups is 1. The molecule has 11 heavy (non-hydrogen) atoms. The predicted octanol–water partition coefficient (Wildman–Crippen LogP) is 2.05. The number of hydrogen-bond acceptors (Lipinski definition) is 1. The van der Waals surface area contributed by atoms with Crippen LogP contribution in [0, 0.1) is 0 Å². The molecule has 2 heteroatoms. The van der Waals surface area contributed by atoms with E-state index in [0.29, 0.717) is 5.57 Å². The molecule has 0 aliphatic rings. The highest BCUT2D eigenvalue weighted by atomic mass is 16.1. The molecule has 0 aromatic carbocycles. The zero-order valence-corrected chi connectivity index (χ0v) is 7.18. The number of Topliss-reactive ketones (excluding diaryl/α,β-unsaturated/α-hetero) is 1. The summed E-state index contributed by atoms with van der Waals surface area (Å²) >= 11 is 0. The number of rotatable bonds is 4. The lowest BCUT2D eigenvalue weighted by Gasteiger charge is -1.97. The van der Waals surface area contributed by atoms with Gasteiger partial charge < -0.3 is 0 Å². The molecule has 0 heterocycles. The van der Waals surface area contributed by atoms with Gasteiger partial charge in [-0.15, -0.1) is 0 Å². The van der Waals surface area contributed by atoms with Crippen molar-refractivity contribution in [1.82, 2.24) is 0 Å². The highest BCUT2D eigenvalue weighted by molar-refractivity contribution is 6.24. The van der Waals surface area contributed by atoms with Gasteiger partial charge in [-0.3, -0.25) is 4.79 Å². The second kappa shape index (κ2) is 4.94. The van der Waals surface area contributed by atoms with E-state index in [-0.39, 0.29) is 12.1 Å². The minimum absolute atomic E-state index is 0.0479. The lowest BCUT2D eigenvalue weighted by molar-refractivity contribution is -0.113. The fraction of sp³-hybridized carbons (Fsp3) is 0.444. The van der Waals surface area contributed by atoms with Crippen LogP contribution in [0.2, 0.25) is 6.32 Å². The molecule has 1 nitrogen and oxygen atoms in total. The van der Waals surface area contributed by atoms with Crippen molar-refractivity contribution >= 4 is 13.6 Å². The van der Waals surface area contributed by atoms with Gasteiger partial charge in [0.2, 0.25) is 0 Å². The maximum atomic E-state index is 10.9. The van der Waals surface area contributed by atoms with Gasteiger partial charge in [-0.05, 0) is 19.7 Å². The van der Waals surface area contributed by atoms with Crippen LogP contribution in [0.25, 0.3) is 0 Å². The molecule has 0 saturated carbocycles. The van der Waals surface area contributed by atoms with Crippen molar-refractivity contribution in [3.8, 4) is 0 Å². The molecule has 0 N–H and O–H groups in total. The molecule has 0 saturated heterocycles. The van der Waals surface area contributed by atoms with Crippen molar-refractivity contribution in [2.45, 2.75) is 26.6 Å². The van der Waals surface area contributed by atoms with E-state index < -0.39 is 0 Å². The summed E-state index contributed by atoms with van der Waals surface area (Å²) in [6.07, 6.45) is 2.78. The fourth-order valence-electron chi connectivity index (χ4n) is 0.611. The second-order valence-electron chi connectivity index (χ2n) is 2.50. The number of carbonyl (C=O) groups excluding carboxylic acids is 1.